The van der Waals surface area contributed by atoms with Crippen LogP contribution in [-0.2, 0) is 17.8 Å². The van der Waals surface area contributed by atoms with Crippen molar-refractivity contribution in [3.8, 4) is 5.75 Å². The van der Waals surface area contributed by atoms with Crippen molar-refractivity contribution in [2.75, 3.05) is 20.3 Å². The van der Waals surface area contributed by atoms with Crippen LogP contribution < -0.4 is 10.2 Å². The lowest BCUT2D eigenvalue weighted by Crippen LogP contribution is -2.33. The normalized spacial score (nSPS) is 16.7. The molecule has 0 aliphatic carbocycles. The first-order valence-corrected chi connectivity index (χ1v) is 9.69. The highest BCUT2D eigenvalue weighted by Gasteiger charge is 2.21. The molecular formula is C23H25NO4. The number of hydrogen-bond acceptors (Lipinski definition) is 5. The molecule has 2 heterocycles. The molecule has 0 radical (unpaired) electrons. The first kappa shape index (κ1) is 18.7. The summed E-state index contributed by atoms with van der Waals surface area (Å²) in [6, 6.07) is 15.4. The van der Waals surface area contributed by atoms with Crippen molar-refractivity contribution < 1.29 is 13.9 Å². The van der Waals surface area contributed by atoms with E-state index in [0.717, 1.165) is 37.3 Å². The Labute approximate surface area is 164 Å². The van der Waals surface area contributed by atoms with E-state index in [0.29, 0.717) is 29.6 Å². The third-order valence-electron chi connectivity index (χ3n) is 5.17. The average molecular weight is 379 g/mol. The van der Waals surface area contributed by atoms with Gasteiger partial charge in [0.1, 0.15) is 11.3 Å². The van der Waals surface area contributed by atoms with Crippen molar-refractivity contribution in [2.45, 2.75) is 32.0 Å². The van der Waals surface area contributed by atoms with Crippen LogP contribution in [0.25, 0.3) is 11.0 Å². The second kappa shape index (κ2) is 8.59. The predicted octanol–water partition coefficient (Wildman–Crippen LogP) is 3.98. The molecule has 0 amide bonds. The van der Waals surface area contributed by atoms with Gasteiger partial charge in [-0.05, 0) is 42.7 Å². The van der Waals surface area contributed by atoms with Gasteiger partial charge in [0.2, 0.25) is 0 Å². The van der Waals surface area contributed by atoms with Crippen LogP contribution in [0.5, 0.6) is 5.75 Å². The van der Waals surface area contributed by atoms with Crippen LogP contribution in [-0.4, -0.2) is 31.3 Å². The summed E-state index contributed by atoms with van der Waals surface area (Å²) >= 11 is 0. The van der Waals surface area contributed by atoms with Crippen molar-refractivity contribution in [1.82, 2.24) is 4.90 Å². The molecule has 1 unspecified atom stereocenters. The molecule has 146 valence electrons. The molecule has 2 aromatic carbocycles. The highest BCUT2D eigenvalue weighted by atomic mass is 16.5. The third kappa shape index (κ3) is 4.26. The van der Waals surface area contributed by atoms with Gasteiger partial charge in [0.25, 0.3) is 0 Å². The molecule has 5 nitrogen and oxygen atoms in total. The Balaban J connectivity index is 1.59. The van der Waals surface area contributed by atoms with Gasteiger partial charge in [-0.15, -0.1) is 0 Å². The zero-order valence-corrected chi connectivity index (χ0v) is 16.1. The standard InChI is InChI=1S/C23H25NO4/c1-26-19-7-4-6-17(12-19)13-24(15-20-8-5-11-27-20)14-18-16-28-22-10-3-2-9-21(22)23(18)25/h2-4,6-7,9-10,12,16,20H,5,8,11,13-15H2,1H3. The molecule has 3 aromatic rings. The highest BCUT2D eigenvalue weighted by Crippen LogP contribution is 2.20. The highest BCUT2D eigenvalue weighted by molar-refractivity contribution is 5.76. The SMILES string of the molecule is COc1cccc(CN(Cc2coc3ccccc3c2=O)CC2CCCO2)c1. The molecule has 1 fully saturated rings. The van der Waals surface area contributed by atoms with Crippen LogP contribution in [0.1, 0.15) is 24.0 Å². The first-order valence-electron chi connectivity index (χ1n) is 9.69. The van der Waals surface area contributed by atoms with Gasteiger partial charge in [0.05, 0.1) is 24.9 Å². The molecule has 1 aliphatic heterocycles. The van der Waals surface area contributed by atoms with Gasteiger partial charge in [-0.3, -0.25) is 9.69 Å². The lowest BCUT2D eigenvalue weighted by Gasteiger charge is -2.25. The molecule has 1 aromatic heterocycles. The minimum absolute atomic E-state index is 0.0323. The number of hydrogen-bond donors (Lipinski definition) is 0. The summed E-state index contributed by atoms with van der Waals surface area (Å²) in [4.78, 5) is 15.2. The van der Waals surface area contributed by atoms with Crippen molar-refractivity contribution in [1.29, 1.82) is 0 Å². The Morgan fingerprint density at radius 2 is 2.04 bits per heavy atom. The van der Waals surface area contributed by atoms with E-state index in [1.54, 1.807) is 13.4 Å². The summed E-state index contributed by atoms with van der Waals surface area (Å²) in [5.41, 5.74) is 2.46. The average Bonchev–Trinajstić information content (AvgIpc) is 3.23. The second-order valence-corrected chi connectivity index (χ2v) is 7.24. The Hall–Kier alpha value is -2.63. The van der Waals surface area contributed by atoms with E-state index in [4.69, 9.17) is 13.9 Å². The van der Waals surface area contributed by atoms with Gasteiger partial charge in [-0.25, -0.2) is 0 Å². The van der Waals surface area contributed by atoms with E-state index in [2.05, 4.69) is 11.0 Å². The second-order valence-electron chi connectivity index (χ2n) is 7.24. The lowest BCUT2D eigenvalue weighted by atomic mass is 10.1. The Bertz CT molecular complexity index is 991. The van der Waals surface area contributed by atoms with Gasteiger partial charge in [-0.2, -0.15) is 0 Å². The molecule has 0 N–H and O–H groups in total. The van der Waals surface area contributed by atoms with Crippen molar-refractivity contribution in [3.05, 3.63) is 76.1 Å². The molecule has 0 saturated carbocycles. The van der Waals surface area contributed by atoms with Crippen LogP contribution in [0.2, 0.25) is 0 Å². The number of benzene rings is 2. The van der Waals surface area contributed by atoms with E-state index in [-0.39, 0.29) is 11.5 Å². The van der Waals surface area contributed by atoms with Crippen LogP contribution in [0.4, 0.5) is 0 Å². The molecule has 4 rings (SSSR count). The number of fused-ring (bicyclic) bond motifs is 1. The summed E-state index contributed by atoms with van der Waals surface area (Å²) in [6.07, 6.45) is 3.95. The number of para-hydroxylation sites is 1. The number of rotatable bonds is 7. The van der Waals surface area contributed by atoms with E-state index in [1.165, 1.54) is 0 Å². The Morgan fingerprint density at radius 1 is 1.14 bits per heavy atom. The van der Waals surface area contributed by atoms with Crippen LogP contribution in [0.3, 0.4) is 0 Å². The van der Waals surface area contributed by atoms with E-state index in [9.17, 15) is 4.79 Å². The third-order valence-corrected chi connectivity index (χ3v) is 5.17. The zero-order valence-electron chi connectivity index (χ0n) is 16.1. The monoisotopic (exact) mass is 379 g/mol. The summed E-state index contributed by atoms with van der Waals surface area (Å²) < 4.78 is 16.9. The first-order chi connectivity index (χ1) is 13.7. The molecule has 1 atom stereocenters. The maximum atomic E-state index is 12.9. The van der Waals surface area contributed by atoms with Gasteiger partial charge in [0, 0.05) is 31.8 Å². The quantitative estimate of drug-likeness (QED) is 0.621. The van der Waals surface area contributed by atoms with Gasteiger partial charge >= 0.3 is 0 Å². The van der Waals surface area contributed by atoms with Gasteiger partial charge in [0.15, 0.2) is 5.43 Å². The maximum absolute atomic E-state index is 12.9. The smallest absolute Gasteiger partial charge is 0.197 e. The van der Waals surface area contributed by atoms with Crippen LogP contribution in [0.15, 0.2) is 64.0 Å². The minimum Gasteiger partial charge on any atom is -0.497 e. The summed E-state index contributed by atoms with van der Waals surface area (Å²) in [5, 5.41) is 0.624. The molecular weight excluding hydrogens is 354 g/mol. The zero-order chi connectivity index (χ0) is 19.3. The number of ether oxygens (including phenoxy) is 2. The maximum Gasteiger partial charge on any atom is 0.197 e. The van der Waals surface area contributed by atoms with Crippen molar-refractivity contribution >= 4 is 11.0 Å². The lowest BCUT2D eigenvalue weighted by molar-refractivity contribution is 0.0676. The predicted molar refractivity (Wildman–Crippen MR) is 109 cm³/mol. The Kier molecular flexibility index (Phi) is 5.74. The summed E-state index contributed by atoms with van der Waals surface area (Å²) in [6.45, 7) is 2.83. The van der Waals surface area contributed by atoms with E-state index >= 15 is 0 Å². The van der Waals surface area contributed by atoms with E-state index < -0.39 is 0 Å². The van der Waals surface area contributed by atoms with Crippen molar-refractivity contribution in [2.24, 2.45) is 0 Å². The minimum atomic E-state index is 0.0323. The number of nitrogens with zero attached hydrogens (tertiary/aromatic N) is 1. The molecule has 0 spiro atoms. The van der Waals surface area contributed by atoms with Crippen molar-refractivity contribution in [3.63, 3.8) is 0 Å². The van der Waals surface area contributed by atoms with Crippen LogP contribution >= 0.6 is 0 Å². The summed E-state index contributed by atoms with van der Waals surface area (Å²) in [5.74, 6) is 0.833. The van der Waals surface area contributed by atoms with E-state index in [1.807, 2.05) is 42.5 Å². The fraction of sp³-hybridized carbons (Fsp3) is 0.348. The number of methoxy groups -OCH3 is 1. The molecule has 0 bridgehead atoms. The fourth-order valence-electron chi connectivity index (χ4n) is 3.76. The van der Waals surface area contributed by atoms with Gasteiger partial charge in [-0.1, -0.05) is 24.3 Å². The summed E-state index contributed by atoms with van der Waals surface area (Å²) in [7, 11) is 1.67. The molecule has 1 aliphatic rings. The van der Waals surface area contributed by atoms with Crippen LogP contribution in [0, 0.1) is 0 Å². The largest absolute Gasteiger partial charge is 0.497 e. The Morgan fingerprint density at radius 3 is 2.86 bits per heavy atom. The fourth-order valence-corrected chi connectivity index (χ4v) is 3.76. The topological polar surface area (TPSA) is 51.9 Å². The molecule has 5 heteroatoms. The van der Waals surface area contributed by atoms with Gasteiger partial charge < -0.3 is 13.9 Å². The molecule has 28 heavy (non-hydrogen) atoms. The molecule has 1 saturated heterocycles.